The van der Waals surface area contributed by atoms with Crippen molar-refractivity contribution in [1.82, 2.24) is 0 Å². The van der Waals surface area contributed by atoms with E-state index < -0.39 is 0 Å². The molecule has 0 N–H and O–H groups in total. The van der Waals surface area contributed by atoms with Crippen LogP contribution in [0.4, 0.5) is 0 Å². The molecule has 0 fully saturated rings. The van der Waals surface area contributed by atoms with Gasteiger partial charge in [-0.2, -0.15) is 0 Å². The molecule has 0 aromatic heterocycles. The summed E-state index contributed by atoms with van der Waals surface area (Å²) in [5.74, 6) is 0. The average molecular weight is 269 g/mol. The van der Waals surface area contributed by atoms with Crippen LogP contribution in [-0.4, -0.2) is 11.7 Å². The third kappa shape index (κ3) is 2.84. The number of carbonyl (C=O) groups is 1. The van der Waals surface area contributed by atoms with Crippen LogP contribution in [0.3, 0.4) is 0 Å². The lowest BCUT2D eigenvalue weighted by Crippen LogP contribution is -1.95. The van der Waals surface area contributed by atoms with Gasteiger partial charge in [-0.25, -0.2) is 0 Å². The van der Waals surface area contributed by atoms with Crippen molar-refractivity contribution in [3.8, 4) is 0 Å². The first-order valence-corrected chi connectivity index (χ1v) is 6.33. The van der Waals surface area contributed by atoms with Crippen molar-refractivity contribution in [3.05, 3.63) is 32.8 Å². The third-order valence-electron chi connectivity index (χ3n) is 1.57. The number of halogens is 3. The molecule has 0 aliphatic heterocycles. The first-order chi connectivity index (χ1) is 6.56. The van der Waals surface area contributed by atoms with Crippen LogP contribution < -0.4 is 0 Å². The summed E-state index contributed by atoms with van der Waals surface area (Å²) in [4.78, 5) is 11.6. The lowest BCUT2D eigenvalue weighted by atomic mass is 10.2. The van der Waals surface area contributed by atoms with Gasteiger partial charge < -0.3 is 0 Å². The normalized spacial score (nSPS) is 11.1. The van der Waals surface area contributed by atoms with Crippen LogP contribution in [0, 0.1) is 0 Å². The third-order valence-corrected chi connectivity index (χ3v) is 3.31. The quantitative estimate of drug-likeness (QED) is 0.739. The Morgan fingerprint density at radius 3 is 2.21 bits per heavy atom. The summed E-state index contributed by atoms with van der Waals surface area (Å²) in [6.45, 7) is 1.94. The van der Waals surface area contributed by atoms with Gasteiger partial charge in [0.25, 0.3) is 0 Å². The smallest absolute Gasteiger partial charge is 0.184 e. The highest BCUT2D eigenvalue weighted by Crippen LogP contribution is 2.33. The van der Waals surface area contributed by atoms with E-state index in [4.69, 9.17) is 34.8 Å². The van der Waals surface area contributed by atoms with Crippen molar-refractivity contribution in [2.75, 3.05) is 6.16 Å². The van der Waals surface area contributed by atoms with E-state index in [-0.39, 0.29) is 14.1 Å². The number of hydrogen-bond acceptors (Lipinski definition) is 1. The van der Waals surface area contributed by atoms with Crippen LogP contribution in [0.2, 0.25) is 15.1 Å². The van der Waals surface area contributed by atoms with Crippen LogP contribution in [0.15, 0.2) is 12.1 Å². The van der Waals surface area contributed by atoms with E-state index in [0.29, 0.717) is 20.6 Å². The lowest BCUT2D eigenvalue weighted by molar-refractivity contribution is 0.108. The molecular weight excluding hydrogens is 261 g/mol. The molecule has 0 saturated carbocycles. The van der Waals surface area contributed by atoms with Crippen LogP contribution in [0.1, 0.15) is 17.3 Å². The van der Waals surface area contributed by atoms with Gasteiger partial charge in [-0.05, 0) is 26.9 Å². The molecule has 76 valence electrons. The Bertz CT molecular complexity index is 342. The summed E-state index contributed by atoms with van der Waals surface area (Å²) in [6, 6.07) is 3.06. The van der Waals surface area contributed by atoms with Crippen LogP contribution >= 0.6 is 43.4 Å². The minimum Gasteiger partial charge on any atom is -0.289 e. The molecule has 1 unspecified atom stereocenters. The van der Waals surface area contributed by atoms with Gasteiger partial charge in [-0.15, -0.1) is 0 Å². The van der Waals surface area contributed by atoms with Crippen LogP contribution in [-0.2, 0) is 0 Å². The summed E-state index contributed by atoms with van der Waals surface area (Å²) in [5, 5.41) is 1.10. The molecule has 0 aliphatic carbocycles. The molecule has 0 spiro atoms. The topological polar surface area (TPSA) is 17.1 Å². The lowest BCUT2D eigenvalue weighted by Gasteiger charge is -2.05. The van der Waals surface area contributed by atoms with Crippen molar-refractivity contribution in [3.63, 3.8) is 0 Å². The highest BCUT2D eigenvalue weighted by molar-refractivity contribution is 7.58. The zero-order chi connectivity index (χ0) is 10.7. The zero-order valence-electron chi connectivity index (χ0n) is 7.40. The second kappa shape index (κ2) is 5.32. The Morgan fingerprint density at radius 1 is 1.29 bits per heavy atom. The Morgan fingerprint density at radius 2 is 1.79 bits per heavy atom. The Hall–Kier alpha value is 0.190. The van der Waals surface area contributed by atoms with Gasteiger partial charge in [0.15, 0.2) is 5.52 Å². The van der Waals surface area contributed by atoms with Crippen molar-refractivity contribution >= 4 is 48.9 Å². The maximum absolute atomic E-state index is 11.6. The standard InChI is InChI=1S/C9H8Cl3OP/c1-2-14-9(13)8-6(11)3-5(10)4-7(8)12/h3-4,14H,2H2,1H3. The molecule has 0 amide bonds. The Kier molecular flexibility index (Phi) is 4.66. The molecular formula is C9H8Cl3OP. The molecule has 1 nitrogen and oxygen atoms in total. The SMILES string of the molecule is CCPC(=O)c1c(Cl)cc(Cl)cc1Cl. The second-order valence-electron chi connectivity index (χ2n) is 2.60. The first kappa shape index (κ1) is 12.3. The van der Waals surface area contributed by atoms with E-state index in [0.717, 1.165) is 6.16 Å². The largest absolute Gasteiger partial charge is 0.289 e. The van der Waals surface area contributed by atoms with Crippen molar-refractivity contribution in [1.29, 1.82) is 0 Å². The minimum atomic E-state index is -0.0147. The maximum Gasteiger partial charge on any atom is 0.184 e. The van der Waals surface area contributed by atoms with Crippen LogP contribution in [0.25, 0.3) is 0 Å². The Labute approximate surface area is 99.5 Å². The fourth-order valence-corrected chi connectivity index (χ4v) is 2.92. The van der Waals surface area contributed by atoms with Gasteiger partial charge in [-0.1, -0.05) is 41.7 Å². The molecule has 0 radical (unpaired) electrons. The van der Waals surface area contributed by atoms with E-state index >= 15 is 0 Å². The number of rotatable bonds is 3. The summed E-state index contributed by atoms with van der Waals surface area (Å²) in [7, 11) is 0.205. The maximum atomic E-state index is 11.6. The predicted molar refractivity (Wildman–Crippen MR) is 64.7 cm³/mol. The Balaban J connectivity index is 3.14. The van der Waals surface area contributed by atoms with Gasteiger partial charge in [-0.3, -0.25) is 4.79 Å². The summed E-state index contributed by atoms with van der Waals surface area (Å²) in [6.07, 6.45) is 0.800. The van der Waals surface area contributed by atoms with Crippen molar-refractivity contribution in [2.45, 2.75) is 6.92 Å². The van der Waals surface area contributed by atoms with Crippen LogP contribution in [0.5, 0.6) is 0 Å². The number of carbonyl (C=O) groups excluding carboxylic acids is 1. The highest BCUT2D eigenvalue weighted by atomic mass is 35.5. The molecule has 5 heteroatoms. The number of benzene rings is 1. The average Bonchev–Trinajstić information content (AvgIpc) is 2.01. The first-order valence-electron chi connectivity index (χ1n) is 3.99. The number of hydrogen-bond donors (Lipinski definition) is 0. The minimum absolute atomic E-state index is 0.0147. The fraction of sp³-hybridized carbons (Fsp3) is 0.222. The summed E-state index contributed by atoms with van der Waals surface area (Å²) < 4.78 is 0. The van der Waals surface area contributed by atoms with Crippen molar-refractivity contribution < 1.29 is 4.79 Å². The molecule has 0 aliphatic rings. The van der Waals surface area contributed by atoms with E-state index in [1.807, 2.05) is 6.92 Å². The fourth-order valence-electron chi connectivity index (χ4n) is 1.01. The molecule has 1 aromatic rings. The predicted octanol–water partition coefficient (Wildman–Crippen LogP) is 4.49. The van der Waals surface area contributed by atoms with Gasteiger partial charge in [0.2, 0.25) is 0 Å². The monoisotopic (exact) mass is 268 g/mol. The highest BCUT2D eigenvalue weighted by Gasteiger charge is 2.14. The molecule has 14 heavy (non-hydrogen) atoms. The van der Waals surface area contributed by atoms with E-state index in [1.54, 1.807) is 0 Å². The van der Waals surface area contributed by atoms with Gasteiger partial charge >= 0.3 is 0 Å². The van der Waals surface area contributed by atoms with Gasteiger partial charge in [0.1, 0.15) is 0 Å². The van der Waals surface area contributed by atoms with E-state index in [2.05, 4.69) is 0 Å². The van der Waals surface area contributed by atoms with Crippen molar-refractivity contribution in [2.24, 2.45) is 0 Å². The molecule has 0 saturated heterocycles. The van der Waals surface area contributed by atoms with E-state index in [1.165, 1.54) is 12.1 Å². The van der Waals surface area contributed by atoms with Gasteiger partial charge in [0, 0.05) is 5.02 Å². The molecule has 1 rings (SSSR count). The van der Waals surface area contributed by atoms with Gasteiger partial charge in [0.05, 0.1) is 15.6 Å². The van der Waals surface area contributed by atoms with E-state index in [9.17, 15) is 4.79 Å². The summed E-state index contributed by atoms with van der Waals surface area (Å²) in [5.41, 5.74) is 0.372. The second-order valence-corrected chi connectivity index (χ2v) is 5.37. The molecule has 1 aromatic carbocycles. The molecule has 0 heterocycles. The molecule has 0 bridgehead atoms. The summed E-state index contributed by atoms with van der Waals surface area (Å²) >= 11 is 17.5. The zero-order valence-corrected chi connectivity index (χ0v) is 10.7. The molecule has 1 atom stereocenters.